The zero-order valence-corrected chi connectivity index (χ0v) is 12.8. The number of nitro benzene ring substituents is 1. The first-order valence-corrected chi connectivity index (χ1v) is 7.22. The smallest absolute Gasteiger partial charge is 0.282 e. The van der Waals surface area contributed by atoms with Crippen molar-refractivity contribution < 1.29 is 14.5 Å². The number of carbonyl (C=O) groups excluding carboxylic acids is 1. The molecule has 25 heavy (non-hydrogen) atoms. The van der Waals surface area contributed by atoms with E-state index >= 15 is 0 Å². The molecule has 1 aromatic heterocycles. The number of aromatic nitrogens is 2. The largest absolute Gasteiger partial charge is 0.438 e. The molecular formula is C17H12N4O4. The summed E-state index contributed by atoms with van der Waals surface area (Å²) in [6, 6.07) is 12.3. The first-order chi connectivity index (χ1) is 12.1. The molecule has 1 amide bonds. The zero-order chi connectivity index (χ0) is 17.6. The van der Waals surface area contributed by atoms with Crippen LogP contribution < -0.4 is 10.1 Å². The molecule has 0 unspecified atom stereocenters. The lowest BCUT2D eigenvalue weighted by Crippen LogP contribution is -2.13. The Labute approximate surface area is 142 Å². The third-order valence-electron chi connectivity index (χ3n) is 3.22. The number of ether oxygens (including phenoxy) is 1. The fraction of sp³-hybridized carbons (Fsp3) is 0. The van der Waals surface area contributed by atoms with Crippen LogP contribution in [0.3, 0.4) is 0 Å². The molecule has 0 saturated heterocycles. The van der Waals surface area contributed by atoms with Crippen molar-refractivity contribution in [1.82, 2.24) is 9.97 Å². The first kappa shape index (κ1) is 16.1. The van der Waals surface area contributed by atoms with Gasteiger partial charge in [-0.3, -0.25) is 19.9 Å². The summed E-state index contributed by atoms with van der Waals surface area (Å²) in [5.41, 5.74) is 0.227. The summed E-state index contributed by atoms with van der Waals surface area (Å²) in [7, 11) is 0. The number of hydrogen-bond donors (Lipinski definition) is 1. The third-order valence-corrected chi connectivity index (χ3v) is 3.22. The number of nitro groups is 1. The molecule has 1 heterocycles. The summed E-state index contributed by atoms with van der Waals surface area (Å²) >= 11 is 0. The Morgan fingerprint density at radius 3 is 2.52 bits per heavy atom. The van der Waals surface area contributed by atoms with Gasteiger partial charge in [-0.2, -0.15) is 0 Å². The Morgan fingerprint density at radius 1 is 1.08 bits per heavy atom. The van der Waals surface area contributed by atoms with E-state index in [4.69, 9.17) is 4.74 Å². The van der Waals surface area contributed by atoms with Gasteiger partial charge in [0.15, 0.2) is 0 Å². The van der Waals surface area contributed by atoms with E-state index in [0.717, 1.165) is 0 Å². The molecule has 0 aliphatic heterocycles. The van der Waals surface area contributed by atoms with E-state index < -0.39 is 10.8 Å². The van der Waals surface area contributed by atoms with Gasteiger partial charge < -0.3 is 10.1 Å². The Morgan fingerprint density at radius 2 is 1.84 bits per heavy atom. The second-order valence-electron chi connectivity index (χ2n) is 4.90. The Hall–Kier alpha value is -3.81. The fourth-order valence-electron chi connectivity index (χ4n) is 2.09. The molecule has 0 atom stereocenters. The number of amides is 1. The van der Waals surface area contributed by atoms with Gasteiger partial charge in [0.25, 0.3) is 11.6 Å². The normalized spacial score (nSPS) is 10.1. The molecule has 0 bridgehead atoms. The van der Waals surface area contributed by atoms with Gasteiger partial charge in [0.2, 0.25) is 5.88 Å². The molecule has 0 aliphatic carbocycles. The molecule has 0 saturated carbocycles. The lowest BCUT2D eigenvalue weighted by molar-refractivity contribution is -0.385. The maximum atomic E-state index is 12.3. The van der Waals surface area contributed by atoms with E-state index in [1.807, 2.05) is 0 Å². The summed E-state index contributed by atoms with van der Waals surface area (Å²) in [6.45, 7) is 0. The second kappa shape index (κ2) is 7.18. The van der Waals surface area contributed by atoms with E-state index in [1.165, 1.54) is 36.8 Å². The molecule has 0 fully saturated rings. The van der Waals surface area contributed by atoms with Crippen molar-refractivity contribution in [3.8, 4) is 11.6 Å². The summed E-state index contributed by atoms with van der Waals surface area (Å²) in [6.07, 6.45) is 4.52. The van der Waals surface area contributed by atoms with Crippen LogP contribution in [-0.4, -0.2) is 20.8 Å². The average Bonchev–Trinajstić information content (AvgIpc) is 2.64. The van der Waals surface area contributed by atoms with E-state index in [1.54, 1.807) is 30.3 Å². The number of rotatable bonds is 5. The van der Waals surface area contributed by atoms with E-state index in [-0.39, 0.29) is 11.3 Å². The Kier molecular flexibility index (Phi) is 4.61. The topological polar surface area (TPSA) is 107 Å². The summed E-state index contributed by atoms with van der Waals surface area (Å²) in [4.78, 5) is 30.5. The van der Waals surface area contributed by atoms with Crippen LogP contribution in [0.4, 0.5) is 11.4 Å². The molecule has 0 spiro atoms. The van der Waals surface area contributed by atoms with Crippen molar-refractivity contribution in [2.24, 2.45) is 0 Å². The van der Waals surface area contributed by atoms with Crippen LogP contribution in [-0.2, 0) is 0 Å². The zero-order valence-electron chi connectivity index (χ0n) is 12.8. The molecule has 8 nitrogen and oxygen atoms in total. The number of benzene rings is 2. The van der Waals surface area contributed by atoms with Crippen molar-refractivity contribution in [3.63, 3.8) is 0 Å². The van der Waals surface area contributed by atoms with Crippen LogP contribution in [0.2, 0.25) is 0 Å². The third kappa shape index (κ3) is 3.94. The minimum absolute atomic E-state index is 0.00705. The lowest BCUT2D eigenvalue weighted by atomic mass is 10.1. The van der Waals surface area contributed by atoms with Crippen molar-refractivity contribution in [2.45, 2.75) is 0 Å². The van der Waals surface area contributed by atoms with Crippen LogP contribution in [0.25, 0.3) is 0 Å². The molecule has 2 aromatic carbocycles. The minimum Gasteiger partial charge on any atom is -0.438 e. The number of para-hydroxylation sites is 1. The molecule has 3 rings (SSSR count). The molecular weight excluding hydrogens is 324 g/mol. The van der Waals surface area contributed by atoms with Gasteiger partial charge >= 0.3 is 0 Å². The highest BCUT2D eigenvalue weighted by molar-refractivity contribution is 6.07. The highest BCUT2D eigenvalue weighted by Crippen LogP contribution is 2.22. The average molecular weight is 336 g/mol. The molecule has 8 heteroatoms. The van der Waals surface area contributed by atoms with Gasteiger partial charge in [0, 0.05) is 24.1 Å². The standard InChI is InChI=1S/C17H12N4O4/c22-17(14-3-1-2-4-15(14)21(23)24)20-12-5-7-13(8-6-12)25-16-11-18-9-10-19-16/h1-11H,(H,20,22). The summed E-state index contributed by atoms with van der Waals surface area (Å²) in [5, 5.41) is 13.6. The van der Waals surface area contributed by atoms with E-state index in [9.17, 15) is 14.9 Å². The minimum atomic E-state index is -0.591. The number of carbonyl (C=O) groups is 1. The van der Waals surface area contributed by atoms with Gasteiger partial charge in [0.05, 0.1) is 11.1 Å². The number of nitrogens with zero attached hydrogens (tertiary/aromatic N) is 3. The molecule has 124 valence electrons. The van der Waals surface area contributed by atoms with Gasteiger partial charge in [-0.1, -0.05) is 12.1 Å². The van der Waals surface area contributed by atoms with Gasteiger partial charge in [0.1, 0.15) is 11.3 Å². The van der Waals surface area contributed by atoms with Crippen LogP contribution in [0.1, 0.15) is 10.4 Å². The number of hydrogen-bond acceptors (Lipinski definition) is 6. The van der Waals surface area contributed by atoms with Crippen LogP contribution >= 0.6 is 0 Å². The van der Waals surface area contributed by atoms with Crippen LogP contribution in [0.5, 0.6) is 11.6 Å². The summed E-state index contributed by atoms with van der Waals surface area (Å²) < 4.78 is 5.50. The molecule has 3 aromatic rings. The van der Waals surface area contributed by atoms with Crippen LogP contribution in [0.15, 0.2) is 67.1 Å². The molecule has 1 N–H and O–H groups in total. The predicted molar refractivity (Wildman–Crippen MR) is 89.6 cm³/mol. The maximum absolute atomic E-state index is 12.3. The Balaban J connectivity index is 1.71. The highest BCUT2D eigenvalue weighted by Gasteiger charge is 2.19. The lowest BCUT2D eigenvalue weighted by Gasteiger charge is -2.07. The van der Waals surface area contributed by atoms with E-state index in [0.29, 0.717) is 17.3 Å². The van der Waals surface area contributed by atoms with Crippen molar-refractivity contribution in [2.75, 3.05) is 5.32 Å². The molecule has 0 radical (unpaired) electrons. The first-order valence-electron chi connectivity index (χ1n) is 7.22. The summed E-state index contributed by atoms with van der Waals surface area (Å²) in [5.74, 6) is 0.304. The van der Waals surface area contributed by atoms with Gasteiger partial charge in [-0.15, -0.1) is 0 Å². The van der Waals surface area contributed by atoms with Crippen LogP contribution in [0, 0.1) is 10.1 Å². The quantitative estimate of drug-likeness (QED) is 0.565. The van der Waals surface area contributed by atoms with Gasteiger partial charge in [-0.05, 0) is 30.3 Å². The maximum Gasteiger partial charge on any atom is 0.282 e. The predicted octanol–water partition coefficient (Wildman–Crippen LogP) is 3.43. The molecule has 0 aliphatic rings. The van der Waals surface area contributed by atoms with Crippen molar-refractivity contribution in [1.29, 1.82) is 0 Å². The van der Waals surface area contributed by atoms with Crippen molar-refractivity contribution >= 4 is 17.3 Å². The highest BCUT2D eigenvalue weighted by atomic mass is 16.6. The number of anilines is 1. The van der Waals surface area contributed by atoms with Gasteiger partial charge in [-0.25, -0.2) is 4.98 Å². The van der Waals surface area contributed by atoms with Crippen molar-refractivity contribution in [3.05, 3.63) is 82.8 Å². The SMILES string of the molecule is O=C(Nc1ccc(Oc2cnccn2)cc1)c1ccccc1[N+](=O)[O-]. The fourth-order valence-corrected chi connectivity index (χ4v) is 2.09. The monoisotopic (exact) mass is 336 g/mol. The number of nitrogens with one attached hydrogen (secondary N) is 1. The van der Waals surface area contributed by atoms with E-state index in [2.05, 4.69) is 15.3 Å². The second-order valence-corrected chi connectivity index (χ2v) is 4.90. The Bertz CT molecular complexity index is 898.